The van der Waals surface area contributed by atoms with E-state index in [1.807, 2.05) is 12.1 Å². The van der Waals surface area contributed by atoms with Gasteiger partial charge in [0.25, 0.3) is 0 Å². The molecule has 0 bridgehead atoms. The minimum atomic E-state index is -0.322. The highest BCUT2D eigenvalue weighted by Crippen LogP contribution is 2.32. The zero-order valence-corrected chi connectivity index (χ0v) is 11.8. The average molecular weight is 258 g/mol. The van der Waals surface area contributed by atoms with E-state index in [2.05, 4.69) is 49.6 Å². The number of nitrogens with two attached hydrogens (primary N) is 1. The lowest BCUT2D eigenvalue weighted by Crippen LogP contribution is -2.45. The van der Waals surface area contributed by atoms with Crippen LogP contribution in [0.5, 0.6) is 0 Å². The maximum atomic E-state index is 5.76. The fraction of sp³-hybridized carbons (Fsp3) is 0.375. The molecule has 0 radical (unpaired) electrons. The van der Waals surface area contributed by atoms with Crippen molar-refractivity contribution in [3.8, 4) is 0 Å². The summed E-state index contributed by atoms with van der Waals surface area (Å²) < 4.78 is 5.66. The van der Waals surface area contributed by atoms with Gasteiger partial charge in [0.2, 0.25) is 0 Å². The quantitative estimate of drug-likeness (QED) is 0.639. The highest BCUT2D eigenvalue weighted by Gasteiger charge is 2.33. The second kappa shape index (κ2) is 5.70. The number of ether oxygens (including phenoxy) is 1. The SMILES string of the molecule is CCC(C)(OC)C(NN)c1ccc2ccccc2c1. The van der Waals surface area contributed by atoms with Gasteiger partial charge in [-0.1, -0.05) is 43.3 Å². The number of hydrogen-bond acceptors (Lipinski definition) is 3. The van der Waals surface area contributed by atoms with Crippen molar-refractivity contribution in [1.82, 2.24) is 5.43 Å². The summed E-state index contributed by atoms with van der Waals surface area (Å²) in [5, 5.41) is 2.45. The van der Waals surface area contributed by atoms with Crippen LogP contribution in [0.4, 0.5) is 0 Å². The second-order valence-electron chi connectivity index (χ2n) is 5.08. The molecule has 0 fully saturated rings. The minimum absolute atomic E-state index is 0.0351. The first-order valence-corrected chi connectivity index (χ1v) is 6.64. The van der Waals surface area contributed by atoms with E-state index in [1.54, 1.807) is 7.11 Å². The van der Waals surface area contributed by atoms with E-state index < -0.39 is 0 Å². The van der Waals surface area contributed by atoms with Crippen LogP contribution in [0.2, 0.25) is 0 Å². The lowest BCUT2D eigenvalue weighted by Gasteiger charge is -2.35. The van der Waals surface area contributed by atoms with Crippen LogP contribution in [0, 0.1) is 0 Å². The Balaban J connectivity index is 2.46. The third-order valence-corrected chi connectivity index (χ3v) is 4.05. The van der Waals surface area contributed by atoms with E-state index >= 15 is 0 Å². The first-order valence-electron chi connectivity index (χ1n) is 6.64. The van der Waals surface area contributed by atoms with Gasteiger partial charge in [0, 0.05) is 7.11 Å². The van der Waals surface area contributed by atoms with Gasteiger partial charge in [-0.15, -0.1) is 0 Å². The fourth-order valence-corrected chi connectivity index (χ4v) is 2.48. The Morgan fingerprint density at radius 1 is 1.21 bits per heavy atom. The van der Waals surface area contributed by atoms with Crippen molar-refractivity contribution in [2.24, 2.45) is 5.84 Å². The van der Waals surface area contributed by atoms with Gasteiger partial charge in [-0.3, -0.25) is 11.3 Å². The average Bonchev–Trinajstić information content (AvgIpc) is 2.47. The number of benzene rings is 2. The van der Waals surface area contributed by atoms with Crippen LogP contribution < -0.4 is 11.3 Å². The summed E-state index contributed by atoms with van der Waals surface area (Å²) >= 11 is 0. The Morgan fingerprint density at radius 2 is 1.89 bits per heavy atom. The van der Waals surface area contributed by atoms with Gasteiger partial charge in [-0.25, -0.2) is 0 Å². The molecule has 3 nitrogen and oxygen atoms in total. The molecule has 0 aromatic heterocycles. The summed E-state index contributed by atoms with van der Waals surface area (Å²) in [5.41, 5.74) is 3.72. The number of nitrogens with one attached hydrogen (secondary N) is 1. The first kappa shape index (κ1) is 14.0. The molecule has 0 heterocycles. The number of hydrogen-bond donors (Lipinski definition) is 2. The molecule has 0 saturated carbocycles. The van der Waals surface area contributed by atoms with Gasteiger partial charge >= 0.3 is 0 Å². The van der Waals surface area contributed by atoms with E-state index in [4.69, 9.17) is 10.6 Å². The smallest absolute Gasteiger partial charge is 0.0854 e. The molecule has 0 amide bonds. The van der Waals surface area contributed by atoms with Crippen molar-refractivity contribution < 1.29 is 4.74 Å². The molecule has 2 aromatic carbocycles. The van der Waals surface area contributed by atoms with Crippen LogP contribution in [0.3, 0.4) is 0 Å². The second-order valence-corrected chi connectivity index (χ2v) is 5.08. The largest absolute Gasteiger partial charge is 0.376 e. The van der Waals surface area contributed by atoms with Crippen molar-refractivity contribution in [2.75, 3.05) is 7.11 Å². The summed E-state index contributed by atoms with van der Waals surface area (Å²) in [6, 6.07) is 14.7. The molecule has 0 aliphatic rings. The van der Waals surface area contributed by atoms with Crippen LogP contribution in [-0.2, 0) is 4.74 Å². The minimum Gasteiger partial charge on any atom is -0.376 e. The zero-order valence-electron chi connectivity index (χ0n) is 11.8. The highest BCUT2D eigenvalue weighted by atomic mass is 16.5. The van der Waals surface area contributed by atoms with E-state index in [0.717, 1.165) is 12.0 Å². The summed E-state index contributed by atoms with van der Waals surface area (Å²) in [6.07, 6.45) is 0.880. The van der Waals surface area contributed by atoms with E-state index in [1.165, 1.54) is 10.8 Å². The number of fused-ring (bicyclic) bond motifs is 1. The van der Waals surface area contributed by atoms with Gasteiger partial charge in [0.1, 0.15) is 0 Å². The number of hydrazine groups is 1. The van der Waals surface area contributed by atoms with Crippen LogP contribution in [0.25, 0.3) is 10.8 Å². The summed E-state index contributed by atoms with van der Waals surface area (Å²) in [6.45, 7) is 4.18. The molecule has 0 aliphatic carbocycles. The maximum Gasteiger partial charge on any atom is 0.0854 e. The predicted molar refractivity (Wildman–Crippen MR) is 79.7 cm³/mol. The molecule has 3 heteroatoms. The van der Waals surface area contributed by atoms with Gasteiger partial charge in [-0.05, 0) is 35.7 Å². The Labute approximate surface area is 114 Å². The third kappa shape index (κ3) is 2.63. The molecular weight excluding hydrogens is 236 g/mol. The Kier molecular flexibility index (Phi) is 4.20. The molecule has 102 valence electrons. The van der Waals surface area contributed by atoms with Crippen molar-refractivity contribution in [3.63, 3.8) is 0 Å². The molecule has 0 saturated heterocycles. The molecule has 3 N–H and O–H groups in total. The Hall–Kier alpha value is -1.42. The van der Waals surface area contributed by atoms with Gasteiger partial charge < -0.3 is 4.74 Å². The topological polar surface area (TPSA) is 47.3 Å². The van der Waals surface area contributed by atoms with E-state index in [0.29, 0.717) is 0 Å². The zero-order chi connectivity index (χ0) is 13.9. The first-order chi connectivity index (χ1) is 9.14. The van der Waals surface area contributed by atoms with Crippen molar-refractivity contribution in [2.45, 2.75) is 31.9 Å². The molecule has 2 aromatic rings. The Morgan fingerprint density at radius 3 is 2.47 bits per heavy atom. The lowest BCUT2D eigenvalue weighted by molar-refractivity contribution is -0.0300. The van der Waals surface area contributed by atoms with Crippen LogP contribution in [0.15, 0.2) is 42.5 Å². The van der Waals surface area contributed by atoms with Crippen molar-refractivity contribution in [1.29, 1.82) is 0 Å². The molecular formula is C16H22N2O. The van der Waals surface area contributed by atoms with E-state index in [9.17, 15) is 0 Å². The number of rotatable bonds is 5. The monoisotopic (exact) mass is 258 g/mol. The lowest BCUT2D eigenvalue weighted by atomic mass is 9.87. The fourth-order valence-electron chi connectivity index (χ4n) is 2.48. The van der Waals surface area contributed by atoms with E-state index in [-0.39, 0.29) is 11.6 Å². The molecule has 0 aliphatic heterocycles. The summed E-state index contributed by atoms with van der Waals surface area (Å²) in [7, 11) is 1.73. The summed E-state index contributed by atoms with van der Waals surface area (Å²) in [4.78, 5) is 0. The van der Waals surface area contributed by atoms with Crippen molar-refractivity contribution >= 4 is 10.8 Å². The molecule has 2 rings (SSSR count). The van der Waals surface area contributed by atoms with Crippen LogP contribution >= 0.6 is 0 Å². The van der Waals surface area contributed by atoms with Gasteiger partial charge in [0.15, 0.2) is 0 Å². The standard InChI is InChI=1S/C16H22N2O/c1-4-16(2,19-3)15(18-17)14-10-9-12-7-5-6-8-13(12)11-14/h5-11,15,18H,4,17H2,1-3H3. The van der Waals surface area contributed by atoms with Crippen molar-refractivity contribution in [3.05, 3.63) is 48.0 Å². The van der Waals surface area contributed by atoms with Crippen LogP contribution in [-0.4, -0.2) is 12.7 Å². The molecule has 19 heavy (non-hydrogen) atoms. The molecule has 0 spiro atoms. The predicted octanol–water partition coefficient (Wildman–Crippen LogP) is 3.16. The Bertz CT molecular complexity index is 549. The normalized spacial score (nSPS) is 16.2. The molecule has 2 unspecified atom stereocenters. The third-order valence-electron chi connectivity index (χ3n) is 4.05. The summed E-state index contributed by atoms with van der Waals surface area (Å²) in [5.74, 6) is 5.76. The number of methoxy groups -OCH3 is 1. The molecule has 2 atom stereocenters. The maximum absolute atomic E-state index is 5.76. The van der Waals surface area contributed by atoms with Gasteiger partial charge in [0.05, 0.1) is 11.6 Å². The van der Waals surface area contributed by atoms with Gasteiger partial charge in [-0.2, -0.15) is 0 Å². The highest BCUT2D eigenvalue weighted by molar-refractivity contribution is 5.83. The van der Waals surface area contributed by atoms with Crippen LogP contribution in [0.1, 0.15) is 31.9 Å².